The Morgan fingerprint density at radius 1 is 1.10 bits per heavy atom. The van der Waals surface area contributed by atoms with Gasteiger partial charge in [-0.3, -0.25) is 4.90 Å². The molecule has 21 heavy (non-hydrogen) atoms. The third-order valence-corrected chi connectivity index (χ3v) is 4.50. The van der Waals surface area contributed by atoms with Crippen LogP contribution in [-0.2, 0) is 6.18 Å². The lowest BCUT2D eigenvalue weighted by atomic mass is 9.98. The van der Waals surface area contributed by atoms with Crippen molar-refractivity contribution >= 4 is 11.4 Å². The maximum atomic E-state index is 13.2. The van der Waals surface area contributed by atoms with Crippen LogP contribution in [0.5, 0.6) is 0 Å². The summed E-state index contributed by atoms with van der Waals surface area (Å²) in [5.41, 5.74) is 5.34. The van der Waals surface area contributed by atoms with Gasteiger partial charge in [-0.25, -0.2) is 0 Å². The molecule has 0 aromatic heterocycles. The largest absolute Gasteiger partial charge is 0.418 e. The van der Waals surface area contributed by atoms with Crippen LogP contribution in [0.25, 0.3) is 0 Å². The summed E-state index contributed by atoms with van der Waals surface area (Å²) >= 11 is 0. The first-order valence-corrected chi connectivity index (χ1v) is 7.41. The number of anilines is 2. The lowest BCUT2D eigenvalue weighted by molar-refractivity contribution is -0.137. The van der Waals surface area contributed by atoms with E-state index >= 15 is 0 Å². The quantitative estimate of drug-likeness (QED) is 0.809. The van der Waals surface area contributed by atoms with Gasteiger partial charge in [-0.2, -0.15) is 13.2 Å². The number of hydrogen-bond acceptors (Lipinski definition) is 3. The highest BCUT2D eigenvalue weighted by Crippen LogP contribution is 2.38. The second-order valence-corrected chi connectivity index (χ2v) is 5.91. The fraction of sp³-hybridized carbons (Fsp3) is 0.600. The summed E-state index contributed by atoms with van der Waals surface area (Å²) in [6.07, 6.45) is -0.920. The molecule has 2 fully saturated rings. The van der Waals surface area contributed by atoms with Crippen LogP contribution >= 0.6 is 0 Å². The molecular formula is C15H20F3N3. The smallest absolute Gasteiger partial charge is 0.399 e. The predicted octanol–water partition coefficient (Wildman–Crippen LogP) is 2.96. The molecule has 2 aliphatic heterocycles. The fourth-order valence-corrected chi connectivity index (χ4v) is 3.43. The zero-order chi connectivity index (χ0) is 15.0. The van der Waals surface area contributed by atoms with Gasteiger partial charge in [0.15, 0.2) is 0 Å². The van der Waals surface area contributed by atoms with Crippen LogP contribution in [0.15, 0.2) is 18.2 Å². The summed E-state index contributed by atoms with van der Waals surface area (Å²) in [4.78, 5) is 4.28. The van der Waals surface area contributed by atoms with E-state index in [0.29, 0.717) is 19.1 Å². The predicted molar refractivity (Wildman–Crippen MR) is 77.3 cm³/mol. The van der Waals surface area contributed by atoms with E-state index in [9.17, 15) is 13.2 Å². The van der Waals surface area contributed by atoms with E-state index in [-0.39, 0.29) is 11.4 Å². The molecule has 0 bridgehead atoms. The number of alkyl halides is 3. The zero-order valence-corrected chi connectivity index (χ0v) is 11.9. The average Bonchev–Trinajstić information content (AvgIpc) is 2.46. The number of nitrogens with zero attached hydrogens (tertiary/aromatic N) is 2. The minimum atomic E-state index is -4.37. The van der Waals surface area contributed by atoms with Crippen LogP contribution in [0.4, 0.5) is 24.5 Å². The molecule has 0 saturated carbocycles. The van der Waals surface area contributed by atoms with Gasteiger partial charge in [0, 0.05) is 37.1 Å². The number of piperidine rings is 1. The molecule has 1 unspecified atom stereocenters. The van der Waals surface area contributed by atoms with E-state index in [1.807, 2.05) is 4.90 Å². The number of fused-ring (bicyclic) bond motifs is 1. The first kappa shape index (κ1) is 14.5. The van der Waals surface area contributed by atoms with Gasteiger partial charge in [0.1, 0.15) is 0 Å². The average molecular weight is 299 g/mol. The van der Waals surface area contributed by atoms with E-state index in [1.54, 1.807) is 6.07 Å². The second kappa shape index (κ2) is 5.40. The lowest BCUT2D eigenvalue weighted by Crippen LogP contribution is -2.55. The molecule has 116 valence electrons. The maximum Gasteiger partial charge on any atom is 0.418 e. The van der Waals surface area contributed by atoms with Gasteiger partial charge >= 0.3 is 6.18 Å². The SMILES string of the molecule is Nc1ccc(N2CCN3CCCCC3C2)c(C(F)(F)F)c1. The topological polar surface area (TPSA) is 32.5 Å². The number of nitrogens with two attached hydrogens (primary N) is 1. The van der Waals surface area contributed by atoms with Crippen LogP contribution < -0.4 is 10.6 Å². The number of rotatable bonds is 1. The minimum Gasteiger partial charge on any atom is -0.399 e. The Hall–Kier alpha value is -1.43. The van der Waals surface area contributed by atoms with Gasteiger partial charge in [0.2, 0.25) is 0 Å². The van der Waals surface area contributed by atoms with Gasteiger partial charge in [0.05, 0.1) is 5.56 Å². The standard InChI is InChI=1S/C15H20F3N3/c16-15(17,18)13-9-11(19)4-5-14(13)21-8-7-20-6-2-1-3-12(20)10-21/h4-5,9,12H,1-3,6-8,10,19H2. The normalized spacial score (nSPS) is 24.0. The van der Waals surface area contributed by atoms with Crippen LogP contribution in [0, 0.1) is 0 Å². The van der Waals surface area contributed by atoms with E-state index in [2.05, 4.69) is 4.90 Å². The van der Waals surface area contributed by atoms with Crippen molar-refractivity contribution in [3.63, 3.8) is 0 Å². The molecular weight excluding hydrogens is 279 g/mol. The van der Waals surface area contributed by atoms with Crippen molar-refractivity contribution in [1.82, 2.24) is 4.90 Å². The summed E-state index contributed by atoms with van der Waals surface area (Å²) in [5, 5.41) is 0. The summed E-state index contributed by atoms with van der Waals surface area (Å²) in [7, 11) is 0. The summed E-state index contributed by atoms with van der Waals surface area (Å²) < 4.78 is 39.7. The van der Waals surface area contributed by atoms with Gasteiger partial charge in [-0.1, -0.05) is 6.42 Å². The minimum absolute atomic E-state index is 0.155. The molecule has 1 aromatic rings. The fourth-order valence-electron chi connectivity index (χ4n) is 3.43. The molecule has 2 saturated heterocycles. The highest BCUT2D eigenvalue weighted by atomic mass is 19.4. The van der Waals surface area contributed by atoms with Gasteiger partial charge in [0.25, 0.3) is 0 Å². The number of nitrogen functional groups attached to an aromatic ring is 1. The van der Waals surface area contributed by atoms with Crippen LogP contribution in [-0.4, -0.2) is 37.1 Å². The number of benzene rings is 1. The summed E-state index contributed by atoms with van der Waals surface area (Å²) in [6.45, 7) is 3.23. The molecule has 2 heterocycles. The zero-order valence-electron chi connectivity index (χ0n) is 11.9. The summed E-state index contributed by atoms with van der Waals surface area (Å²) in [6, 6.07) is 4.49. The molecule has 0 amide bonds. The first-order valence-electron chi connectivity index (χ1n) is 7.41. The molecule has 3 nitrogen and oxygen atoms in total. The Labute approximate surface area is 122 Å². The lowest BCUT2D eigenvalue weighted by Gasteiger charge is -2.45. The third kappa shape index (κ3) is 2.95. The van der Waals surface area contributed by atoms with Crippen LogP contribution in [0.3, 0.4) is 0 Å². The van der Waals surface area contributed by atoms with E-state index < -0.39 is 11.7 Å². The maximum absolute atomic E-state index is 13.2. The highest BCUT2D eigenvalue weighted by molar-refractivity contribution is 5.61. The Morgan fingerprint density at radius 2 is 1.90 bits per heavy atom. The highest BCUT2D eigenvalue weighted by Gasteiger charge is 2.37. The molecule has 0 radical (unpaired) electrons. The number of halogens is 3. The molecule has 2 N–H and O–H groups in total. The van der Waals surface area contributed by atoms with E-state index in [0.717, 1.165) is 25.6 Å². The van der Waals surface area contributed by atoms with Crippen molar-refractivity contribution in [2.24, 2.45) is 0 Å². The van der Waals surface area contributed by atoms with Crippen molar-refractivity contribution in [3.05, 3.63) is 23.8 Å². The first-order chi connectivity index (χ1) is 9.95. The van der Waals surface area contributed by atoms with Crippen molar-refractivity contribution < 1.29 is 13.2 Å². The Bertz CT molecular complexity index is 515. The number of hydrogen-bond donors (Lipinski definition) is 1. The van der Waals surface area contributed by atoms with Crippen molar-refractivity contribution in [2.45, 2.75) is 31.5 Å². The number of piperazine rings is 1. The van der Waals surface area contributed by atoms with Crippen LogP contribution in [0.1, 0.15) is 24.8 Å². The van der Waals surface area contributed by atoms with Gasteiger partial charge in [-0.15, -0.1) is 0 Å². The van der Waals surface area contributed by atoms with E-state index in [1.165, 1.54) is 18.9 Å². The molecule has 6 heteroatoms. The Kier molecular flexibility index (Phi) is 3.73. The van der Waals surface area contributed by atoms with Crippen LogP contribution in [0.2, 0.25) is 0 Å². The summed E-state index contributed by atoms with van der Waals surface area (Å²) in [5.74, 6) is 0. The van der Waals surface area contributed by atoms with Gasteiger partial charge in [-0.05, 0) is 37.6 Å². The van der Waals surface area contributed by atoms with E-state index in [4.69, 9.17) is 5.73 Å². The van der Waals surface area contributed by atoms with Crippen molar-refractivity contribution in [2.75, 3.05) is 36.8 Å². The Morgan fingerprint density at radius 3 is 2.67 bits per heavy atom. The monoisotopic (exact) mass is 299 g/mol. The Balaban J connectivity index is 1.87. The molecule has 3 rings (SSSR count). The third-order valence-electron chi connectivity index (χ3n) is 4.50. The molecule has 0 spiro atoms. The van der Waals surface area contributed by atoms with Gasteiger partial charge < -0.3 is 10.6 Å². The van der Waals surface area contributed by atoms with Crippen molar-refractivity contribution in [1.29, 1.82) is 0 Å². The molecule has 2 aliphatic rings. The molecule has 1 atom stereocenters. The second-order valence-electron chi connectivity index (χ2n) is 5.91. The molecule has 0 aliphatic carbocycles. The molecule has 1 aromatic carbocycles. The van der Waals surface area contributed by atoms with Crippen molar-refractivity contribution in [3.8, 4) is 0 Å².